The van der Waals surface area contributed by atoms with Gasteiger partial charge in [0.2, 0.25) is 0 Å². The zero-order chi connectivity index (χ0) is 14.4. The first-order chi connectivity index (χ1) is 9.80. The maximum absolute atomic E-state index is 5.64. The van der Waals surface area contributed by atoms with Gasteiger partial charge in [-0.25, -0.2) is 4.98 Å². The maximum Gasteiger partial charge on any atom is 0.136 e. The van der Waals surface area contributed by atoms with Gasteiger partial charge < -0.3 is 15.4 Å². The Labute approximate surface area is 120 Å². The van der Waals surface area contributed by atoms with Crippen LogP contribution < -0.4 is 15.4 Å². The fraction of sp³-hybridized carbons (Fsp3) is 0.438. The Morgan fingerprint density at radius 3 is 2.80 bits per heavy atom. The van der Waals surface area contributed by atoms with Gasteiger partial charge in [0.05, 0.1) is 7.11 Å². The molecule has 2 N–H and O–H groups in total. The molecule has 0 atom stereocenters. The highest BCUT2D eigenvalue weighted by molar-refractivity contribution is 5.93. The lowest BCUT2D eigenvalue weighted by Crippen LogP contribution is -2.27. The molecule has 0 saturated heterocycles. The first-order valence-electron chi connectivity index (χ1n) is 7.18. The first kappa shape index (κ1) is 14.6. The monoisotopic (exact) mass is 273 g/mol. The molecular weight excluding hydrogens is 250 g/mol. The van der Waals surface area contributed by atoms with Crippen LogP contribution in [0, 0.1) is 0 Å². The number of rotatable bonds is 7. The molecule has 0 unspecified atom stereocenters. The third kappa shape index (κ3) is 3.20. The number of hydrogen-bond donors (Lipinski definition) is 1. The second-order valence-electron chi connectivity index (χ2n) is 4.85. The van der Waals surface area contributed by atoms with Crippen LogP contribution in [-0.4, -0.2) is 31.7 Å². The lowest BCUT2D eigenvalue weighted by atomic mass is 10.1. The summed E-state index contributed by atoms with van der Waals surface area (Å²) < 4.78 is 5.28. The third-order valence-corrected chi connectivity index (χ3v) is 3.38. The summed E-state index contributed by atoms with van der Waals surface area (Å²) in [5.74, 6) is 1.92. The van der Waals surface area contributed by atoms with E-state index in [1.165, 1.54) is 5.39 Å². The number of benzene rings is 1. The minimum absolute atomic E-state index is 0.707. The van der Waals surface area contributed by atoms with Gasteiger partial charge in [-0.05, 0) is 49.0 Å². The molecular formula is C16H23N3O. The van der Waals surface area contributed by atoms with Crippen LogP contribution in [0.5, 0.6) is 5.75 Å². The van der Waals surface area contributed by atoms with Crippen LogP contribution in [0.3, 0.4) is 0 Å². The van der Waals surface area contributed by atoms with E-state index in [2.05, 4.69) is 22.9 Å². The number of hydrogen-bond acceptors (Lipinski definition) is 4. The summed E-state index contributed by atoms with van der Waals surface area (Å²) in [7, 11) is 1.69. The standard InChI is InChI=1S/C16H23N3O/c1-3-10-19(11-4-8-17)16-15-6-5-14(20-2)12-13(15)7-9-18-16/h5-7,9,12H,3-4,8,10-11,17H2,1-2H3. The molecule has 0 amide bonds. The number of aromatic nitrogens is 1. The van der Waals surface area contributed by atoms with Crippen molar-refractivity contribution in [1.29, 1.82) is 0 Å². The summed E-state index contributed by atoms with van der Waals surface area (Å²) in [6, 6.07) is 8.14. The molecule has 2 aromatic rings. The average Bonchev–Trinajstić information content (AvgIpc) is 2.50. The smallest absolute Gasteiger partial charge is 0.136 e. The fourth-order valence-electron chi connectivity index (χ4n) is 2.39. The third-order valence-electron chi connectivity index (χ3n) is 3.38. The second kappa shape index (κ2) is 7.10. The molecule has 0 aliphatic carbocycles. The van der Waals surface area contributed by atoms with E-state index in [-0.39, 0.29) is 0 Å². The minimum Gasteiger partial charge on any atom is -0.497 e. The van der Waals surface area contributed by atoms with Gasteiger partial charge in [0.25, 0.3) is 0 Å². The Morgan fingerprint density at radius 2 is 2.10 bits per heavy atom. The van der Waals surface area contributed by atoms with E-state index in [1.807, 2.05) is 24.4 Å². The summed E-state index contributed by atoms with van der Waals surface area (Å²) in [6.07, 6.45) is 3.94. The Balaban J connectivity index is 2.40. The molecule has 0 spiro atoms. The Bertz CT molecular complexity index is 556. The lowest BCUT2D eigenvalue weighted by molar-refractivity contribution is 0.415. The predicted molar refractivity (Wildman–Crippen MR) is 84.5 cm³/mol. The zero-order valence-corrected chi connectivity index (χ0v) is 12.3. The van der Waals surface area contributed by atoms with Crippen molar-refractivity contribution in [3.63, 3.8) is 0 Å². The van der Waals surface area contributed by atoms with E-state index in [4.69, 9.17) is 10.5 Å². The highest BCUT2D eigenvalue weighted by Crippen LogP contribution is 2.27. The Kier molecular flexibility index (Phi) is 5.18. The molecule has 108 valence electrons. The van der Waals surface area contributed by atoms with Crippen molar-refractivity contribution in [2.75, 3.05) is 31.6 Å². The summed E-state index contributed by atoms with van der Waals surface area (Å²) in [5, 5.41) is 2.32. The van der Waals surface area contributed by atoms with Crippen molar-refractivity contribution >= 4 is 16.6 Å². The lowest BCUT2D eigenvalue weighted by Gasteiger charge is -2.24. The summed E-state index contributed by atoms with van der Waals surface area (Å²) in [5.41, 5.74) is 5.64. The maximum atomic E-state index is 5.64. The molecule has 2 rings (SSSR count). The van der Waals surface area contributed by atoms with Crippen molar-refractivity contribution in [3.05, 3.63) is 30.5 Å². The van der Waals surface area contributed by atoms with Crippen molar-refractivity contribution in [3.8, 4) is 5.75 Å². The van der Waals surface area contributed by atoms with Crippen LogP contribution in [0.15, 0.2) is 30.5 Å². The van der Waals surface area contributed by atoms with E-state index in [0.717, 1.165) is 42.9 Å². The van der Waals surface area contributed by atoms with Crippen LogP contribution in [0.2, 0.25) is 0 Å². The molecule has 4 nitrogen and oxygen atoms in total. The van der Waals surface area contributed by atoms with Gasteiger partial charge in [-0.2, -0.15) is 0 Å². The molecule has 0 bridgehead atoms. The van der Waals surface area contributed by atoms with Gasteiger partial charge in [-0.15, -0.1) is 0 Å². The number of ether oxygens (including phenoxy) is 1. The molecule has 0 saturated carbocycles. The van der Waals surface area contributed by atoms with Crippen LogP contribution in [0.4, 0.5) is 5.82 Å². The molecule has 0 radical (unpaired) electrons. The molecule has 1 aromatic carbocycles. The minimum atomic E-state index is 0.707. The van der Waals surface area contributed by atoms with Crippen molar-refractivity contribution in [2.24, 2.45) is 5.73 Å². The SMILES string of the molecule is CCCN(CCCN)c1nccc2cc(OC)ccc12. The van der Waals surface area contributed by atoms with Crippen molar-refractivity contribution in [1.82, 2.24) is 4.98 Å². The van der Waals surface area contributed by atoms with Crippen molar-refractivity contribution < 1.29 is 4.74 Å². The Morgan fingerprint density at radius 1 is 1.25 bits per heavy atom. The fourth-order valence-corrected chi connectivity index (χ4v) is 2.39. The number of anilines is 1. The second-order valence-corrected chi connectivity index (χ2v) is 4.85. The van der Waals surface area contributed by atoms with Gasteiger partial charge in [0.1, 0.15) is 11.6 Å². The van der Waals surface area contributed by atoms with Gasteiger partial charge in [-0.1, -0.05) is 6.92 Å². The van der Waals surface area contributed by atoms with Crippen LogP contribution >= 0.6 is 0 Å². The highest BCUT2D eigenvalue weighted by atomic mass is 16.5. The van der Waals surface area contributed by atoms with E-state index < -0.39 is 0 Å². The van der Waals surface area contributed by atoms with Crippen LogP contribution in [0.1, 0.15) is 19.8 Å². The van der Waals surface area contributed by atoms with E-state index in [1.54, 1.807) is 7.11 Å². The molecule has 0 aliphatic rings. The number of methoxy groups -OCH3 is 1. The molecule has 0 fully saturated rings. The summed E-state index contributed by atoms with van der Waals surface area (Å²) in [6.45, 7) is 4.84. The quantitative estimate of drug-likeness (QED) is 0.843. The molecule has 4 heteroatoms. The van der Waals surface area contributed by atoms with Gasteiger partial charge in [0, 0.05) is 24.7 Å². The summed E-state index contributed by atoms with van der Waals surface area (Å²) in [4.78, 5) is 6.90. The summed E-state index contributed by atoms with van der Waals surface area (Å²) >= 11 is 0. The van der Waals surface area contributed by atoms with E-state index in [9.17, 15) is 0 Å². The Hall–Kier alpha value is -1.81. The zero-order valence-electron chi connectivity index (χ0n) is 12.3. The largest absolute Gasteiger partial charge is 0.497 e. The predicted octanol–water partition coefficient (Wildman–Crippen LogP) is 2.81. The number of nitrogens with two attached hydrogens (primary N) is 1. The molecule has 0 aliphatic heterocycles. The topological polar surface area (TPSA) is 51.4 Å². The number of pyridine rings is 1. The van der Waals surface area contributed by atoms with Crippen molar-refractivity contribution in [2.45, 2.75) is 19.8 Å². The first-order valence-corrected chi connectivity index (χ1v) is 7.18. The van der Waals surface area contributed by atoms with E-state index >= 15 is 0 Å². The molecule has 20 heavy (non-hydrogen) atoms. The number of nitrogens with zero attached hydrogens (tertiary/aromatic N) is 2. The van der Waals surface area contributed by atoms with Gasteiger partial charge in [0.15, 0.2) is 0 Å². The number of fused-ring (bicyclic) bond motifs is 1. The van der Waals surface area contributed by atoms with Gasteiger partial charge in [-0.3, -0.25) is 0 Å². The average molecular weight is 273 g/mol. The molecule has 1 aromatic heterocycles. The highest BCUT2D eigenvalue weighted by Gasteiger charge is 2.11. The van der Waals surface area contributed by atoms with Crippen LogP contribution in [-0.2, 0) is 0 Å². The van der Waals surface area contributed by atoms with Gasteiger partial charge >= 0.3 is 0 Å². The normalized spacial score (nSPS) is 10.8. The van der Waals surface area contributed by atoms with E-state index in [0.29, 0.717) is 6.54 Å². The van der Waals surface area contributed by atoms with Crippen LogP contribution in [0.25, 0.3) is 10.8 Å². The molecule has 1 heterocycles.